The largest absolute Gasteiger partial charge is 0.393 e. The molecule has 2 aliphatic rings. The van der Waals surface area contributed by atoms with E-state index in [1.165, 1.54) is 12.8 Å². The molecule has 0 bridgehead atoms. The molecule has 0 aromatic carbocycles. The highest BCUT2D eigenvalue weighted by atomic mass is 32.1. The van der Waals surface area contributed by atoms with Crippen molar-refractivity contribution in [3.63, 3.8) is 0 Å². The lowest BCUT2D eigenvalue weighted by Crippen LogP contribution is -2.39. The minimum absolute atomic E-state index is 0.0371. The summed E-state index contributed by atoms with van der Waals surface area (Å²) in [6, 6.07) is 0. The van der Waals surface area contributed by atoms with Crippen molar-refractivity contribution in [1.29, 1.82) is 0 Å². The van der Waals surface area contributed by atoms with E-state index in [-0.39, 0.29) is 6.10 Å². The lowest BCUT2D eigenvalue weighted by Gasteiger charge is -2.35. The monoisotopic (exact) mass is 242 g/mol. The molecule has 0 aromatic heterocycles. The van der Waals surface area contributed by atoms with Gasteiger partial charge in [-0.05, 0) is 44.1 Å². The van der Waals surface area contributed by atoms with Gasteiger partial charge in [-0.3, -0.25) is 0 Å². The standard InChI is InChI=1S/C12H22N2OS/c1-14(7-9-4-10(15)5-9)8-12(2-3-12)6-11(13)16/h9-10,15H,2-8H2,1H3,(H2,13,16). The van der Waals surface area contributed by atoms with E-state index in [0.717, 1.165) is 32.4 Å². The van der Waals surface area contributed by atoms with Gasteiger partial charge in [0.15, 0.2) is 0 Å². The maximum atomic E-state index is 9.24. The molecule has 2 aliphatic carbocycles. The summed E-state index contributed by atoms with van der Waals surface area (Å²) in [5.74, 6) is 0.695. The van der Waals surface area contributed by atoms with E-state index in [1.807, 2.05) is 0 Å². The molecule has 92 valence electrons. The van der Waals surface area contributed by atoms with Gasteiger partial charge < -0.3 is 15.7 Å². The highest BCUT2D eigenvalue weighted by molar-refractivity contribution is 7.80. The zero-order chi connectivity index (χ0) is 11.8. The van der Waals surface area contributed by atoms with E-state index < -0.39 is 0 Å². The molecule has 2 rings (SSSR count). The molecule has 0 saturated heterocycles. The van der Waals surface area contributed by atoms with Crippen molar-refractivity contribution in [2.75, 3.05) is 20.1 Å². The van der Waals surface area contributed by atoms with Crippen LogP contribution in [0.3, 0.4) is 0 Å². The van der Waals surface area contributed by atoms with Gasteiger partial charge >= 0.3 is 0 Å². The third kappa shape index (κ3) is 3.15. The van der Waals surface area contributed by atoms with Gasteiger partial charge in [0.25, 0.3) is 0 Å². The van der Waals surface area contributed by atoms with E-state index in [1.54, 1.807) is 0 Å². The zero-order valence-electron chi connectivity index (χ0n) is 9.98. The summed E-state index contributed by atoms with van der Waals surface area (Å²) < 4.78 is 0. The highest BCUT2D eigenvalue weighted by Gasteiger charge is 2.44. The predicted octanol–water partition coefficient (Wildman–Crippen LogP) is 1.15. The maximum Gasteiger partial charge on any atom is 0.0733 e. The first-order chi connectivity index (χ1) is 7.49. The van der Waals surface area contributed by atoms with Crippen LogP contribution in [0.2, 0.25) is 0 Å². The Bertz CT molecular complexity index is 272. The quantitative estimate of drug-likeness (QED) is 0.686. The molecule has 16 heavy (non-hydrogen) atoms. The van der Waals surface area contributed by atoms with Gasteiger partial charge in [-0.2, -0.15) is 0 Å². The zero-order valence-corrected chi connectivity index (χ0v) is 10.8. The van der Waals surface area contributed by atoms with Crippen LogP contribution in [0, 0.1) is 11.3 Å². The first-order valence-electron chi connectivity index (χ1n) is 6.14. The summed E-state index contributed by atoms with van der Waals surface area (Å²) in [4.78, 5) is 3.05. The van der Waals surface area contributed by atoms with Gasteiger partial charge in [-0.1, -0.05) is 12.2 Å². The molecule has 4 heteroatoms. The third-order valence-electron chi connectivity index (χ3n) is 3.89. The van der Waals surface area contributed by atoms with Crippen LogP contribution in [0.25, 0.3) is 0 Å². The molecule has 0 spiro atoms. The van der Waals surface area contributed by atoms with Crippen molar-refractivity contribution < 1.29 is 5.11 Å². The first-order valence-corrected chi connectivity index (χ1v) is 6.55. The van der Waals surface area contributed by atoms with Gasteiger partial charge in [0, 0.05) is 19.5 Å². The normalized spacial score (nSPS) is 31.2. The smallest absolute Gasteiger partial charge is 0.0733 e. The Morgan fingerprint density at radius 3 is 2.56 bits per heavy atom. The molecule has 0 radical (unpaired) electrons. The number of thiocarbonyl (C=S) groups is 1. The summed E-state index contributed by atoms with van der Waals surface area (Å²) in [6.45, 7) is 2.22. The van der Waals surface area contributed by atoms with Crippen LogP contribution in [0.15, 0.2) is 0 Å². The molecule has 3 N–H and O–H groups in total. The number of rotatable bonds is 6. The van der Waals surface area contributed by atoms with E-state index in [9.17, 15) is 5.11 Å². The van der Waals surface area contributed by atoms with Gasteiger partial charge in [-0.25, -0.2) is 0 Å². The summed E-state index contributed by atoms with van der Waals surface area (Å²) in [5, 5.41) is 9.24. The number of nitrogens with two attached hydrogens (primary N) is 1. The Morgan fingerprint density at radius 1 is 1.50 bits per heavy atom. The summed E-state index contributed by atoms with van der Waals surface area (Å²) >= 11 is 5.00. The molecule has 0 aliphatic heterocycles. The van der Waals surface area contributed by atoms with Crippen LogP contribution in [0.5, 0.6) is 0 Å². The van der Waals surface area contributed by atoms with Crippen molar-refractivity contribution >= 4 is 17.2 Å². The van der Waals surface area contributed by atoms with Crippen LogP contribution in [-0.2, 0) is 0 Å². The van der Waals surface area contributed by atoms with Crippen LogP contribution in [0.4, 0.5) is 0 Å². The molecule has 0 heterocycles. The van der Waals surface area contributed by atoms with E-state index in [2.05, 4.69) is 11.9 Å². The number of nitrogens with zero attached hydrogens (tertiary/aromatic N) is 1. The fraction of sp³-hybridized carbons (Fsp3) is 0.917. The first kappa shape index (κ1) is 12.3. The van der Waals surface area contributed by atoms with E-state index in [4.69, 9.17) is 18.0 Å². The Labute approximate surface area is 103 Å². The molecule has 2 fully saturated rings. The highest BCUT2D eigenvalue weighted by Crippen LogP contribution is 2.49. The fourth-order valence-electron chi connectivity index (χ4n) is 2.86. The van der Waals surface area contributed by atoms with Crippen LogP contribution >= 0.6 is 12.2 Å². The van der Waals surface area contributed by atoms with Crippen molar-refractivity contribution in [3.8, 4) is 0 Å². The van der Waals surface area contributed by atoms with Crippen LogP contribution < -0.4 is 5.73 Å². The minimum Gasteiger partial charge on any atom is -0.393 e. The van der Waals surface area contributed by atoms with Crippen LogP contribution in [-0.4, -0.2) is 41.2 Å². The predicted molar refractivity (Wildman–Crippen MR) is 69.3 cm³/mol. The summed E-state index contributed by atoms with van der Waals surface area (Å²) in [6.07, 6.45) is 5.35. The van der Waals surface area contributed by atoms with Crippen LogP contribution in [0.1, 0.15) is 32.1 Å². The molecule has 0 unspecified atom stereocenters. The van der Waals surface area contributed by atoms with Gasteiger partial charge in [0.05, 0.1) is 11.1 Å². The van der Waals surface area contributed by atoms with Gasteiger partial charge in [0.2, 0.25) is 0 Å². The lowest BCUT2D eigenvalue weighted by atomic mass is 9.82. The average molecular weight is 242 g/mol. The molecule has 0 aromatic rings. The van der Waals surface area contributed by atoms with E-state index in [0.29, 0.717) is 16.3 Å². The topological polar surface area (TPSA) is 49.5 Å². The van der Waals surface area contributed by atoms with Crippen molar-refractivity contribution in [2.45, 2.75) is 38.2 Å². The van der Waals surface area contributed by atoms with Crippen molar-refractivity contribution in [2.24, 2.45) is 17.1 Å². The van der Waals surface area contributed by atoms with Crippen molar-refractivity contribution in [3.05, 3.63) is 0 Å². The molecule has 0 atom stereocenters. The molecular weight excluding hydrogens is 220 g/mol. The summed E-state index contributed by atoms with van der Waals surface area (Å²) in [7, 11) is 2.17. The van der Waals surface area contributed by atoms with Gasteiger partial charge in [-0.15, -0.1) is 0 Å². The average Bonchev–Trinajstić information content (AvgIpc) is 2.80. The minimum atomic E-state index is -0.0371. The SMILES string of the molecule is CN(CC1CC(O)C1)CC1(CC(N)=S)CC1. The Morgan fingerprint density at radius 2 is 2.12 bits per heavy atom. The number of hydrogen-bond acceptors (Lipinski definition) is 3. The Kier molecular flexibility index (Phi) is 3.52. The lowest BCUT2D eigenvalue weighted by molar-refractivity contribution is 0.0259. The Hall–Kier alpha value is -0.190. The molecular formula is C12H22N2OS. The second-order valence-electron chi connectivity index (χ2n) is 5.83. The number of aliphatic hydroxyl groups is 1. The van der Waals surface area contributed by atoms with E-state index >= 15 is 0 Å². The second-order valence-corrected chi connectivity index (χ2v) is 6.36. The van der Waals surface area contributed by atoms with Crippen molar-refractivity contribution in [1.82, 2.24) is 4.90 Å². The number of hydrogen-bond donors (Lipinski definition) is 2. The molecule has 2 saturated carbocycles. The van der Waals surface area contributed by atoms with Gasteiger partial charge in [0.1, 0.15) is 0 Å². The third-order valence-corrected chi connectivity index (χ3v) is 4.04. The molecule has 0 amide bonds. The second kappa shape index (κ2) is 4.59. The fourth-order valence-corrected chi connectivity index (χ4v) is 3.17. The summed E-state index contributed by atoms with van der Waals surface area (Å²) in [5.41, 5.74) is 6.02. The molecule has 3 nitrogen and oxygen atoms in total. The number of aliphatic hydroxyl groups excluding tert-OH is 1. The Balaban J connectivity index is 1.70. The maximum absolute atomic E-state index is 9.24.